The number of likely N-dealkylation sites (N-methyl/N-ethyl adjacent to an activating group) is 1. The van der Waals surface area contributed by atoms with Crippen LogP contribution in [0.3, 0.4) is 0 Å². The highest BCUT2D eigenvalue weighted by atomic mass is 32.1. The SMILES string of the molecule is Cc1sc(C(=O)N2CCCC(N(C)C)C2)cc1N. The van der Waals surface area contributed by atoms with Gasteiger partial charge in [0, 0.05) is 29.7 Å². The third kappa shape index (κ3) is 2.67. The van der Waals surface area contributed by atoms with Crippen LogP contribution in [0.4, 0.5) is 5.69 Å². The van der Waals surface area contributed by atoms with Crippen molar-refractivity contribution in [3.8, 4) is 0 Å². The number of nitrogens with zero attached hydrogens (tertiary/aromatic N) is 2. The number of aryl methyl sites for hydroxylation is 1. The lowest BCUT2D eigenvalue weighted by Gasteiger charge is -2.35. The number of likely N-dealkylation sites (tertiary alicyclic amines) is 1. The van der Waals surface area contributed by atoms with Crippen LogP contribution in [0.2, 0.25) is 0 Å². The van der Waals surface area contributed by atoms with E-state index in [0.29, 0.717) is 6.04 Å². The highest BCUT2D eigenvalue weighted by Gasteiger charge is 2.26. The van der Waals surface area contributed by atoms with Gasteiger partial charge in [0.25, 0.3) is 5.91 Å². The number of amides is 1. The van der Waals surface area contributed by atoms with Crippen molar-refractivity contribution in [2.24, 2.45) is 0 Å². The van der Waals surface area contributed by atoms with Crippen LogP contribution in [0, 0.1) is 6.92 Å². The average Bonchev–Trinajstić information content (AvgIpc) is 2.69. The van der Waals surface area contributed by atoms with Crippen LogP contribution >= 0.6 is 11.3 Å². The first kappa shape index (κ1) is 13.4. The van der Waals surface area contributed by atoms with Gasteiger partial charge in [0.15, 0.2) is 0 Å². The molecule has 1 aliphatic heterocycles. The van der Waals surface area contributed by atoms with E-state index >= 15 is 0 Å². The Bertz CT molecular complexity index is 422. The number of piperidine rings is 1. The second-order valence-corrected chi connectivity index (χ2v) is 6.39. The Hall–Kier alpha value is -1.07. The van der Waals surface area contributed by atoms with Crippen molar-refractivity contribution in [3.63, 3.8) is 0 Å². The highest BCUT2D eigenvalue weighted by molar-refractivity contribution is 7.14. The van der Waals surface area contributed by atoms with E-state index in [1.54, 1.807) is 0 Å². The Labute approximate surface area is 112 Å². The first-order chi connectivity index (χ1) is 8.49. The quantitative estimate of drug-likeness (QED) is 0.889. The summed E-state index contributed by atoms with van der Waals surface area (Å²) in [6.45, 7) is 3.64. The molecule has 0 bridgehead atoms. The van der Waals surface area contributed by atoms with Crippen molar-refractivity contribution in [1.29, 1.82) is 0 Å². The molecule has 1 unspecified atom stereocenters. The summed E-state index contributed by atoms with van der Waals surface area (Å²) in [6, 6.07) is 2.28. The van der Waals surface area contributed by atoms with Crippen LogP contribution in [0.25, 0.3) is 0 Å². The Morgan fingerprint density at radius 2 is 2.28 bits per heavy atom. The molecule has 0 aromatic carbocycles. The standard InChI is InChI=1S/C13H21N3OS/c1-9-11(14)7-12(18-9)13(17)16-6-4-5-10(8-16)15(2)3/h7,10H,4-6,8,14H2,1-3H3. The van der Waals surface area contributed by atoms with Crippen LogP contribution < -0.4 is 5.73 Å². The Balaban J connectivity index is 2.09. The Morgan fingerprint density at radius 1 is 1.56 bits per heavy atom. The van der Waals surface area contributed by atoms with Gasteiger partial charge in [-0.15, -0.1) is 11.3 Å². The number of rotatable bonds is 2. The smallest absolute Gasteiger partial charge is 0.264 e. The molecule has 2 heterocycles. The predicted molar refractivity (Wildman–Crippen MR) is 76.1 cm³/mol. The molecule has 5 heteroatoms. The van der Waals surface area contributed by atoms with Gasteiger partial charge in [-0.1, -0.05) is 0 Å². The molecule has 1 amide bonds. The van der Waals surface area contributed by atoms with Crippen molar-refractivity contribution < 1.29 is 4.79 Å². The normalized spacial score (nSPS) is 20.4. The molecule has 1 aromatic heterocycles. The van der Waals surface area contributed by atoms with Gasteiger partial charge in [-0.2, -0.15) is 0 Å². The minimum atomic E-state index is 0.131. The molecule has 1 saturated heterocycles. The second kappa shape index (κ2) is 5.28. The molecule has 0 spiro atoms. The minimum Gasteiger partial charge on any atom is -0.398 e. The largest absolute Gasteiger partial charge is 0.398 e. The molecule has 18 heavy (non-hydrogen) atoms. The van der Waals surface area contributed by atoms with E-state index in [1.165, 1.54) is 17.8 Å². The van der Waals surface area contributed by atoms with E-state index in [-0.39, 0.29) is 5.91 Å². The fraction of sp³-hybridized carbons (Fsp3) is 0.615. The fourth-order valence-corrected chi connectivity index (χ4v) is 3.23. The maximum absolute atomic E-state index is 12.4. The van der Waals surface area contributed by atoms with Gasteiger partial charge < -0.3 is 15.5 Å². The molecular formula is C13H21N3OS. The van der Waals surface area contributed by atoms with E-state index in [9.17, 15) is 4.79 Å². The molecule has 4 nitrogen and oxygen atoms in total. The van der Waals surface area contributed by atoms with Crippen molar-refractivity contribution in [1.82, 2.24) is 9.80 Å². The molecule has 1 aliphatic rings. The zero-order valence-corrected chi connectivity index (χ0v) is 12.1. The summed E-state index contributed by atoms with van der Waals surface area (Å²) >= 11 is 1.50. The van der Waals surface area contributed by atoms with Gasteiger partial charge in [0.1, 0.15) is 0 Å². The highest BCUT2D eigenvalue weighted by Crippen LogP contribution is 2.26. The molecule has 1 aromatic rings. The molecule has 1 fully saturated rings. The maximum Gasteiger partial charge on any atom is 0.264 e. The van der Waals surface area contributed by atoms with Gasteiger partial charge in [0.05, 0.1) is 4.88 Å². The third-order valence-corrected chi connectivity index (χ3v) is 4.64. The van der Waals surface area contributed by atoms with E-state index in [4.69, 9.17) is 5.73 Å². The first-order valence-electron chi connectivity index (χ1n) is 6.30. The number of hydrogen-bond donors (Lipinski definition) is 1. The number of hydrogen-bond acceptors (Lipinski definition) is 4. The Morgan fingerprint density at radius 3 is 2.83 bits per heavy atom. The zero-order chi connectivity index (χ0) is 13.3. The van der Waals surface area contributed by atoms with E-state index < -0.39 is 0 Å². The molecule has 0 aliphatic carbocycles. The van der Waals surface area contributed by atoms with Gasteiger partial charge in [-0.25, -0.2) is 0 Å². The summed E-state index contributed by atoms with van der Waals surface area (Å²) in [7, 11) is 4.15. The molecule has 2 rings (SSSR count). The van der Waals surface area contributed by atoms with E-state index in [1.807, 2.05) is 17.9 Å². The molecule has 100 valence electrons. The third-order valence-electron chi connectivity index (χ3n) is 3.58. The average molecular weight is 267 g/mol. The summed E-state index contributed by atoms with van der Waals surface area (Å²) in [4.78, 5) is 18.4. The molecule has 0 radical (unpaired) electrons. The zero-order valence-electron chi connectivity index (χ0n) is 11.3. The van der Waals surface area contributed by atoms with Crippen molar-refractivity contribution in [2.45, 2.75) is 25.8 Å². The van der Waals surface area contributed by atoms with Crippen molar-refractivity contribution in [3.05, 3.63) is 15.8 Å². The number of thiophene rings is 1. The lowest BCUT2D eigenvalue weighted by atomic mass is 10.0. The fourth-order valence-electron chi connectivity index (χ4n) is 2.32. The first-order valence-corrected chi connectivity index (χ1v) is 7.12. The number of carbonyl (C=O) groups excluding carboxylic acids is 1. The summed E-state index contributed by atoms with van der Waals surface area (Å²) in [5.41, 5.74) is 6.54. The lowest BCUT2D eigenvalue weighted by Crippen LogP contribution is -2.47. The van der Waals surface area contributed by atoms with Crippen LogP contribution in [-0.2, 0) is 0 Å². The number of carbonyl (C=O) groups is 1. The van der Waals surface area contributed by atoms with Crippen LogP contribution in [0.15, 0.2) is 6.07 Å². The monoisotopic (exact) mass is 267 g/mol. The van der Waals surface area contributed by atoms with E-state index in [0.717, 1.165) is 35.0 Å². The van der Waals surface area contributed by atoms with Gasteiger partial charge >= 0.3 is 0 Å². The Kier molecular flexibility index (Phi) is 3.92. The van der Waals surface area contributed by atoms with Crippen molar-refractivity contribution in [2.75, 3.05) is 32.9 Å². The number of nitrogens with two attached hydrogens (primary N) is 1. The van der Waals surface area contributed by atoms with Crippen molar-refractivity contribution >= 4 is 22.9 Å². The maximum atomic E-state index is 12.4. The van der Waals surface area contributed by atoms with Crippen LogP contribution in [0.1, 0.15) is 27.4 Å². The van der Waals surface area contributed by atoms with Gasteiger partial charge in [-0.3, -0.25) is 4.79 Å². The second-order valence-electron chi connectivity index (χ2n) is 5.13. The summed E-state index contributed by atoms with van der Waals surface area (Å²) in [6.07, 6.45) is 2.25. The van der Waals surface area contributed by atoms with E-state index in [2.05, 4.69) is 19.0 Å². The lowest BCUT2D eigenvalue weighted by molar-refractivity contribution is 0.0640. The van der Waals surface area contributed by atoms with Crippen LogP contribution in [-0.4, -0.2) is 48.9 Å². The number of anilines is 1. The molecule has 0 saturated carbocycles. The predicted octanol–water partition coefficient (Wildman–Crippen LogP) is 1.80. The summed E-state index contributed by atoms with van der Waals surface area (Å²) in [5.74, 6) is 0.131. The molecular weight excluding hydrogens is 246 g/mol. The van der Waals surface area contributed by atoms with Gasteiger partial charge in [0.2, 0.25) is 0 Å². The summed E-state index contributed by atoms with van der Waals surface area (Å²) < 4.78 is 0. The topological polar surface area (TPSA) is 49.6 Å². The molecule has 1 atom stereocenters. The minimum absolute atomic E-state index is 0.131. The molecule has 2 N–H and O–H groups in total. The van der Waals surface area contributed by atoms with Crippen LogP contribution in [0.5, 0.6) is 0 Å². The van der Waals surface area contributed by atoms with Gasteiger partial charge in [-0.05, 0) is 39.9 Å². The summed E-state index contributed by atoms with van der Waals surface area (Å²) in [5, 5.41) is 0. The number of nitrogen functional groups attached to an aromatic ring is 1.